The fourth-order valence-electron chi connectivity index (χ4n) is 2.88. The lowest BCUT2D eigenvalue weighted by molar-refractivity contribution is 0.0746. The lowest BCUT2D eigenvalue weighted by atomic mass is 10.2. The molecule has 3 rings (SSSR count). The molecule has 1 fully saturated rings. The highest BCUT2D eigenvalue weighted by atomic mass is 16.2. The summed E-state index contributed by atoms with van der Waals surface area (Å²) in [6, 6.07) is 3.83. The summed E-state index contributed by atoms with van der Waals surface area (Å²) in [6.07, 6.45) is 5.22. The molecule has 1 amide bonds. The average Bonchev–Trinajstić information content (AvgIpc) is 3.14. The molecular formula is C17H25N7O. The number of carbonyl (C=O) groups excluding carboxylic acids is 1. The summed E-state index contributed by atoms with van der Waals surface area (Å²) >= 11 is 0. The molecular weight excluding hydrogens is 318 g/mol. The average molecular weight is 343 g/mol. The van der Waals surface area contributed by atoms with Crippen LogP contribution in [0.15, 0.2) is 30.7 Å². The first-order valence-electron chi connectivity index (χ1n) is 8.77. The van der Waals surface area contributed by atoms with E-state index in [1.54, 1.807) is 28.2 Å². The van der Waals surface area contributed by atoms with E-state index in [9.17, 15) is 4.79 Å². The van der Waals surface area contributed by atoms with Gasteiger partial charge in [-0.1, -0.05) is 5.21 Å². The number of nitrogens with one attached hydrogen (secondary N) is 1. The lowest BCUT2D eigenvalue weighted by Crippen LogP contribution is -2.44. The first-order valence-corrected chi connectivity index (χ1v) is 8.77. The molecule has 0 aromatic carbocycles. The standard InChI is InChI=1S/C17H25N7O/c1-2-23(13-15-3-5-18-6-4-15)17(25)16-14-24(21-20-16)12-11-22-9-7-19-8-10-22/h3-6,14,19H,2,7-13H2,1H3. The van der Waals surface area contributed by atoms with Crippen molar-refractivity contribution >= 4 is 5.91 Å². The van der Waals surface area contributed by atoms with Gasteiger partial charge in [0, 0.05) is 58.2 Å². The minimum Gasteiger partial charge on any atom is -0.333 e. The van der Waals surface area contributed by atoms with E-state index in [2.05, 4.69) is 25.5 Å². The molecule has 3 heterocycles. The Kier molecular flexibility index (Phi) is 6.08. The Morgan fingerprint density at radius 3 is 2.72 bits per heavy atom. The highest BCUT2D eigenvalue weighted by Crippen LogP contribution is 2.07. The molecule has 1 aliphatic heterocycles. The van der Waals surface area contributed by atoms with E-state index in [1.165, 1.54) is 0 Å². The fourth-order valence-corrected chi connectivity index (χ4v) is 2.88. The van der Waals surface area contributed by atoms with Gasteiger partial charge in [-0.15, -0.1) is 5.10 Å². The molecule has 0 radical (unpaired) electrons. The quantitative estimate of drug-likeness (QED) is 0.776. The number of aromatic nitrogens is 4. The summed E-state index contributed by atoms with van der Waals surface area (Å²) in [7, 11) is 0. The summed E-state index contributed by atoms with van der Waals surface area (Å²) in [5.41, 5.74) is 1.45. The number of carbonyl (C=O) groups is 1. The van der Waals surface area contributed by atoms with Gasteiger partial charge in [0.05, 0.1) is 12.7 Å². The molecule has 2 aromatic heterocycles. The maximum atomic E-state index is 12.7. The third kappa shape index (κ3) is 4.83. The SMILES string of the molecule is CCN(Cc1ccncc1)C(=O)c1cn(CCN2CCNCC2)nn1. The van der Waals surface area contributed by atoms with Crippen LogP contribution in [0, 0.1) is 0 Å². The van der Waals surface area contributed by atoms with Crippen LogP contribution in [-0.2, 0) is 13.1 Å². The van der Waals surface area contributed by atoms with Crippen LogP contribution in [-0.4, -0.2) is 75.0 Å². The number of rotatable bonds is 7. The molecule has 8 nitrogen and oxygen atoms in total. The fraction of sp³-hybridized carbons (Fsp3) is 0.529. The van der Waals surface area contributed by atoms with Crippen LogP contribution in [0.4, 0.5) is 0 Å². The van der Waals surface area contributed by atoms with E-state index >= 15 is 0 Å². The van der Waals surface area contributed by atoms with Gasteiger partial charge in [0.1, 0.15) is 0 Å². The van der Waals surface area contributed by atoms with E-state index in [-0.39, 0.29) is 5.91 Å². The van der Waals surface area contributed by atoms with Crippen molar-refractivity contribution in [3.05, 3.63) is 42.0 Å². The first kappa shape index (κ1) is 17.5. The van der Waals surface area contributed by atoms with E-state index in [0.717, 1.165) is 44.8 Å². The van der Waals surface area contributed by atoms with Gasteiger partial charge in [0.2, 0.25) is 0 Å². The molecule has 1 saturated heterocycles. The Hall–Kier alpha value is -2.32. The molecule has 0 aliphatic carbocycles. The maximum Gasteiger partial charge on any atom is 0.276 e. The van der Waals surface area contributed by atoms with E-state index in [4.69, 9.17) is 0 Å². The minimum absolute atomic E-state index is 0.0901. The van der Waals surface area contributed by atoms with Crippen molar-refractivity contribution in [2.24, 2.45) is 0 Å². The highest BCUT2D eigenvalue weighted by Gasteiger charge is 2.18. The third-order valence-electron chi connectivity index (χ3n) is 4.40. The molecule has 134 valence electrons. The molecule has 1 aliphatic rings. The van der Waals surface area contributed by atoms with Crippen molar-refractivity contribution in [2.45, 2.75) is 20.0 Å². The van der Waals surface area contributed by atoms with Crippen LogP contribution in [0.3, 0.4) is 0 Å². The number of nitrogens with zero attached hydrogens (tertiary/aromatic N) is 6. The summed E-state index contributed by atoms with van der Waals surface area (Å²) in [5.74, 6) is -0.0901. The van der Waals surface area contributed by atoms with Crippen LogP contribution in [0.1, 0.15) is 23.0 Å². The van der Waals surface area contributed by atoms with Crippen molar-refractivity contribution < 1.29 is 4.79 Å². The van der Waals surface area contributed by atoms with Crippen molar-refractivity contribution in [2.75, 3.05) is 39.3 Å². The second-order valence-corrected chi connectivity index (χ2v) is 6.13. The lowest BCUT2D eigenvalue weighted by Gasteiger charge is -2.26. The number of amides is 1. The van der Waals surface area contributed by atoms with Gasteiger partial charge in [-0.25, -0.2) is 0 Å². The molecule has 0 bridgehead atoms. The van der Waals surface area contributed by atoms with Gasteiger partial charge in [0.25, 0.3) is 5.91 Å². The zero-order valence-electron chi connectivity index (χ0n) is 14.6. The number of hydrogen-bond acceptors (Lipinski definition) is 6. The predicted octanol–water partition coefficient (Wildman–Crippen LogP) is 0.241. The summed E-state index contributed by atoms with van der Waals surface area (Å²) in [6.45, 7) is 8.97. The van der Waals surface area contributed by atoms with Crippen molar-refractivity contribution in [3.63, 3.8) is 0 Å². The molecule has 0 spiro atoms. The molecule has 0 unspecified atom stereocenters. The highest BCUT2D eigenvalue weighted by molar-refractivity contribution is 5.91. The van der Waals surface area contributed by atoms with Gasteiger partial charge in [0.15, 0.2) is 5.69 Å². The second-order valence-electron chi connectivity index (χ2n) is 6.13. The molecule has 0 saturated carbocycles. The predicted molar refractivity (Wildman–Crippen MR) is 94.0 cm³/mol. The molecule has 8 heteroatoms. The first-order chi connectivity index (χ1) is 12.3. The number of piperazine rings is 1. The van der Waals surface area contributed by atoms with E-state index in [0.29, 0.717) is 18.8 Å². The zero-order chi connectivity index (χ0) is 17.5. The van der Waals surface area contributed by atoms with Crippen LogP contribution in [0.2, 0.25) is 0 Å². The second kappa shape index (κ2) is 8.68. The molecule has 1 N–H and O–H groups in total. The monoisotopic (exact) mass is 343 g/mol. The van der Waals surface area contributed by atoms with Crippen LogP contribution in [0.5, 0.6) is 0 Å². The van der Waals surface area contributed by atoms with Crippen molar-refractivity contribution in [1.82, 2.24) is 35.1 Å². The van der Waals surface area contributed by atoms with Gasteiger partial charge < -0.3 is 10.2 Å². The number of pyridine rings is 1. The Labute approximate surface area is 147 Å². The smallest absolute Gasteiger partial charge is 0.276 e. The molecule has 25 heavy (non-hydrogen) atoms. The van der Waals surface area contributed by atoms with Crippen LogP contribution < -0.4 is 5.32 Å². The Bertz CT molecular complexity index is 667. The van der Waals surface area contributed by atoms with Gasteiger partial charge >= 0.3 is 0 Å². The molecule has 0 atom stereocenters. The van der Waals surface area contributed by atoms with Gasteiger partial charge in [-0.05, 0) is 24.6 Å². The maximum absolute atomic E-state index is 12.7. The van der Waals surface area contributed by atoms with E-state index in [1.807, 2.05) is 19.1 Å². The molecule has 2 aromatic rings. The van der Waals surface area contributed by atoms with E-state index < -0.39 is 0 Å². The third-order valence-corrected chi connectivity index (χ3v) is 4.40. The largest absolute Gasteiger partial charge is 0.333 e. The Balaban J connectivity index is 1.56. The topological polar surface area (TPSA) is 79.2 Å². The van der Waals surface area contributed by atoms with Gasteiger partial charge in [-0.2, -0.15) is 0 Å². The summed E-state index contributed by atoms with van der Waals surface area (Å²) in [5, 5.41) is 11.5. The summed E-state index contributed by atoms with van der Waals surface area (Å²) in [4.78, 5) is 20.8. The Morgan fingerprint density at radius 1 is 1.24 bits per heavy atom. The zero-order valence-corrected chi connectivity index (χ0v) is 14.6. The van der Waals surface area contributed by atoms with Crippen LogP contribution >= 0.6 is 0 Å². The van der Waals surface area contributed by atoms with Crippen LogP contribution in [0.25, 0.3) is 0 Å². The summed E-state index contributed by atoms with van der Waals surface area (Å²) < 4.78 is 1.76. The van der Waals surface area contributed by atoms with Crippen molar-refractivity contribution in [3.8, 4) is 0 Å². The van der Waals surface area contributed by atoms with Gasteiger partial charge in [-0.3, -0.25) is 19.4 Å². The normalized spacial score (nSPS) is 15.2. The Morgan fingerprint density at radius 2 is 2.00 bits per heavy atom. The minimum atomic E-state index is -0.0901. The number of hydrogen-bond donors (Lipinski definition) is 1. The van der Waals surface area contributed by atoms with Crippen molar-refractivity contribution in [1.29, 1.82) is 0 Å².